The van der Waals surface area contributed by atoms with Gasteiger partial charge in [0.25, 0.3) is 10.0 Å². The minimum absolute atomic E-state index is 0.0486. The second kappa shape index (κ2) is 9.40. The monoisotopic (exact) mass is 464 g/mol. The predicted octanol–water partition coefficient (Wildman–Crippen LogP) is 3.96. The average Bonchev–Trinajstić information content (AvgIpc) is 3.15. The zero-order valence-corrected chi connectivity index (χ0v) is 19.9. The predicted molar refractivity (Wildman–Crippen MR) is 121 cm³/mol. The number of benzene rings is 1. The van der Waals surface area contributed by atoms with Gasteiger partial charge >= 0.3 is 5.97 Å². The molecule has 1 N–H and O–H groups in total. The SMILES string of the molecule is CCC(CC)C(=O)N1CCc2c(sc(S(=O)(=O)Nc3ccccc3C)c2C(=O)OC)C1. The molecular weight excluding hydrogens is 436 g/mol. The number of esters is 1. The fraction of sp³-hybridized carbons (Fsp3) is 0.455. The first-order valence-corrected chi connectivity index (χ1v) is 12.6. The third kappa shape index (κ3) is 4.62. The molecule has 0 bridgehead atoms. The summed E-state index contributed by atoms with van der Waals surface area (Å²) in [5.74, 6) is -0.652. The van der Waals surface area contributed by atoms with Crippen molar-refractivity contribution in [2.24, 2.45) is 5.92 Å². The molecule has 1 aromatic carbocycles. The molecule has 1 aliphatic rings. The summed E-state index contributed by atoms with van der Waals surface area (Å²) in [6.45, 7) is 6.54. The number of aryl methyl sites for hydroxylation is 1. The van der Waals surface area contributed by atoms with Crippen molar-refractivity contribution in [2.75, 3.05) is 18.4 Å². The minimum atomic E-state index is -4.01. The number of ether oxygens (including phenoxy) is 1. The molecule has 1 amide bonds. The van der Waals surface area contributed by atoms with Crippen molar-refractivity contribution in [1.82, 2.24) is 4.90 Å². The number of nitrogens with zero attached hydrogens (tertiary/aromatic N) is 1. The number of nitrogens with one attached hydrogen (secondary N) is 1. The van der Waals surface area contributed by atoms with Crippen LogP contribution in [0.4, 0.5) is 5.69 Å². The van der Waals surface area contributed by atoms with Crippen LogP contribution in [-0.4, -0.2) is 38.8 Å². The molecule has 2 aromatic rings. The lowest BCUT2D eigenvalue weighted by Crippen LogP contribution is -2.39. The molecular formula is C22H28N2O5S2. The van der Waals surface area contributed by atoms with Crippen molar-refractivity contribution in [3.63, 3.8) is 0 Å². The quantitative estimate of drug-likeness (QED) is 0.626. The van der Waals surface area contributed by atoms with E-state index in [9.17, 15) is 18.0 Å². The molecule has 1 aliphatic heterocycles. The molecule has 0 saturated carbocycles. The maximum Gasteiger partial charge on any atom is 0.340 e. The van der Waals surface area contributed by atoms with E-state index >= 15 is 0 Å². The lowest BCUT2D eigenvalue weighted by molar-refractivity contribution is -0.136. The summed E-state index contributed by atoms with van der Waals surface area (Å²) in [5.41, 5.74) is 1.97. The van der Waals surface area contributed by atoms with Crippen LogP contribution in [-0.2, 0) is 32.5 Å². The largest absolute Gasteiger partial charge is 0.465 e. The van der Waals surface area contributed by atoms with E-state index in [0.29, 0.717) is 30.8 Å². The first kappa shape index (κ1) is 23.3. The number of anilines is 1. The van der Waals surface area contributed by atoms with Gasteiger partial charge in [-0.1, -0.05) is 32.0 Å². The number of methoxy groups -OCH3 is 1. The third-order valence-corrected chi connectivity index (χ3v) is 8.79. The van der Waals surface area contributed by atoms with E-state index in [4.69, 9.17) is 4.74 Å². The van der Waals surface area contributed by atoms with Crippen molar-refractivity contribution in [1.29, 1.82) is 0 Å². The Hall–Kier alpha value is -2.39. The maximum absolute atomic E-state index is 13.2. The Kier molecular flexibility index (Phi) is 7.06. The van der Waals surface area contributed by atoms with Gasteiger partial charge in [-0.3, -0.25) is 9.52 Å². The first-order chi connectivity index (χ1) is 14.7. The van der Waals surface area contributed by atoms with Crippen LogP contribution >= 0.6 is 11.3 Å². The van der Waals surface area contributed by atoms with Crippen molar-refractivity contribution in [3.8, 4) is 0 Å². The zero-order valence-electron chi connectivity index (χ0n) is 18.2. The molecule has 9 heteroatoms. The van der Waals surface area contributed by atoms with Gasteiger partial charge in [0.2, 0.25) is 5.91 Å². The van der Waals surface area contributed by atoms with E-state index in [1.165, 1.54) is 7.11 Å². The fourth-order valence-corrected chi connectivity index (χ4v) is 6.87. The van der Waals surface area contributed by atoms with Crippen LogP contribution in [0.25, 0.3) is 0 Å². The molecule has 0 radical (unpaired) electrons. The molecule has 168 valence electrons. The number of fused-ring (bicyclic) bond motifs is 1. The summed E-state index contributed by atoms with van der Waals surface area (Å²) in [6.07, 6.45) is 1.94. The second-order valence-corrected chi connectivity index (χ2v) is 10.6. The molecule has 1 aromatic heterocycles. The van der Waals surface area contributed by atoms with Gasteiger partial charge in [0.05, 0.1) is 24.9 Å². The van der Waals surface area contributed by atoms with Crippen LogP contribution in [0.5, 0.6) is 0 Å². The normalized spacial score (nSPS) is 13.8. The van der Waals surface area contributed by atoms with Gasteiger partial charge in [-0.05, 0) is 43.4 Å². The van der Waals surface area contributed by atoms with Gasteiger partial charge in [0.1, 0.15) is 0 Å². The number of para-hydroxylation sites is 1. The Morgan fingerprint density at radius 1 is 1.23 bits per heavy atom. The molecule has 0 atom stereocenters. The lowest BCUT2D eigenvalue weighted by Gasteiger charge is -2.30. The summed E-state index contributed by atoms with van der Waals surface area (Å²) < 4.78 is 33.9. The number of hydrogen-bond donors (Lipinski definition) is 1. The van der Waals surface area contributed by atoms with Crippen molar-refractivity contribution in [2.45, 2.75) is 50.8 Å². The van der Waals surface area contributed by atoms with Crippen LogP contribution < -0.4 is 4.72 Å². The topological polar surface area (TPSA) is 92.8 Å². The van der Waals surface area contributed by atoms with E-state index in [-0.39, 0.29) is 21.6 Å². The van der Waals surface area contributed by atoms with Crippen LogP contribution in [0.3, 0.4) is 0 Å². The van der Waals surface area contributed by atoms with Gasteiger partial charge in [-0.15, -0.1) is 11.3 Å². The molecule has 7 nitrogen and oxygen atoms in total. The molecule has 0 spiro atoms. The van der Waals surface area contributed by atoms with Crippen molar-refractivity contribution in [3.05, 3.63) is 45.8 Å². The molecule has 0 aliphatic carbocycles. The van der Waals surface area contributed by atoms with E-state index < -0.39 is 16.0 Å². The number of amides is 1. The smallest absolute Gasteiger partial charge is 0.340 e. The van der Waals surface area contributed by atoms with E-state index in [1.807, 2.05) is 19.9 Å². The Balaban J connectivity index is 2.00. The van der Waals surface area contributed by atoms with Crippen LogP contribution in [0, 0.1) is 12.8 Å². The maximum atomic E-state index is 13.2. The van der Waals surface area contributed by atoms with Gasteiger partial charge in [-0.2, -0.15) is 0 Å². The highest BCUT2D eigenvalue weighted by Crippen LogP contribution is 2.38. The number of thiophene rings is 1. The van der Waals surface area contributed by atoms with Gasteiger partial charge in [0, 0.05) is 17.3 Å². The van der Waals surface area contributed by atoms with E-state index in [2.05, 4.69) is 4.72 Å². The minimum Gasteiger partial charge on any atom is -0.465 e. The highest BCUT2D eigenvalue weighted by molar-refractivity contribution is 7.94. The summed E-state index contributed by atoms with van der Waals surface area (Å²) >= 11 is 1.04. The third-order valence-electron chi connectivity index (χ3n) is 5.69. The lowest BCUT2D eigenvalue weighted by atomic mass is 9.98. The Morgan fingerprint density at radius 2 is 1.90 bits per heavy atom. The van der Waals surface area contributed by atoms with E-state index in [0.717, 1.165) is 34.6 Å². The van der Waals surface area contributed by atoms with Gasteiger partial charge < -0.3 is 9.64 Å². The average molecular weight is 465 g/mol. The summed E-state index contributed by atoms with van der Waals surface area (Å²) in [6, 6.07) is 7.04. The standard InChI is InChI=1S/C22H28N2O5S2/c1-5-15(6-2)20(25)24-12-11-16-18(13-24)30-22(19(16)21(26)29-4)31(27,28)23-17-10-8-7-9-14(17)3/h7-10,15,23H,5-6,11-13H2,1-4H3. The van der Waals surface area contributed by atoms with Crippen LogP contribution in [0.2, 0.25) is 0 Å². The molecule has 3 rings (SSSR count). The Labute approximate surface area is 187 Å². The summed E-state index contributed by atoms with van der Waals surface area (Å²) in [7, 11) is -2.78. The summed E-state index contributed by atoms with van der Waals surface area (Å²) in [5, 5.41) is 0. The van der Waals surface area contributed by atoms with Gasteiger partial charge in [0.15, 0.2) is 4.21 Å². The first-order valence-electron chi connectivity index (χ1n) is 10.3. The van der Waals surface area contributed by atoms with Crippen molar-refractivity contribution < 1.29 is 22.7 Å². The summed E-state index contributed by atoms with van der Waals surface area (Å²) in [4.78, 5) is 27.9. The number of sulfonamides is 1. The molecule has 0 saturated heterocycles. The second-order valence-electron chi connectivity index (χ2n) is 7.60. The van der Waals surface area contributed by atoms with Crippen LogP contribution in [0.15, 0.2) is 28.5 Å². The number of carbonyl (C=O) groups excluding carboxylic acids is 2. The highest BCUT2D eigenvalue weighted by Gasteiger charge is 2.36. The number of carbonyl (C=O) groups is 2. The molecule has 0 unspecified atom stereocenters. The van der Waals surface area contributed by atoms with Crippen LogP contribution in [0.1, 0.15) is 53.1 Å². The van der Waals surface area contributed by atoms with E-state index in [1.54, 1.807) is 30.0 Å². The molecule has 31 heavy (non-hydrogen) atoms. The molecule has 0 fully saturated rings. The molecule has 2 heterocycles. The highest BCUT2D eigenvalue weighted by atomic mass is 32.2. The number of hydrogen-bond acceptors (Lipinski definition) is 6. The Morgan fingerprint density at radius 3 is 2.52 bits per heavy atom. The van der Waals surface area contributed by atoms with Gasteiger partial charge in [-0.25, -0.2) is 13.2 Å². The Bertz CT molecular complexity index is 1090. The number of rotatable bonds is 7. The van der Waals surface area contributed by atoms with Crippen molar-refractivity contribution >= 4 is 38.9 Å². The zero-order chi connectivity index (χ0) is 22.8. The fourth-order valence-electron chi connectivity index (χ4n) is 3.84.